The van der Waals surface area contributed by atoms with E-state index in [0.717, 1.165) is 16.7 Å². The highest BCUT2D eigenvalue weighted by Crippen LogP contribution is 2.28. The maximum Gasteiger partial charge on any atom is 0.243 e. The molecule has 2 aromatic rings. The van der Waals surface area contributed by atoms with Gasteiger partial charge in [0.25, 0.3) is 0 Å². The summed E-state index contributed by atoms with van der Waals surface area (Å²) in [5, 5.41) is 13.7. The predicted molar refractivity (Wildman–Crippen MR) is 74.3 cm³/mol. The van der Waals surface area contributed by atoms with Gasteiger partial charge in [-0.1, -0.05) is 5.16 Å². The topological polar surface area (TPSA) is 94.4 Å². The Balaban J connectivity index is 2.24. The number of benzene rings is 1. The third-order valence-electron chi connectivity index (χ3n) is 3.14. The largest absolute Gasteiger partial charge is 0.507 e. The fourth-order valence-corrected chi connectivity index (χ4v) is 1.96. The molecule has 3 N–H and O–H groups in total. The molecule has 2 rings (SSSR count). The number of phenolic OH excluding ortho intramolecular Hbond substituents is 1. The van der Waals surface area contributed by atoms with Crippen LogP contribution < -0.4 is 5.73 Å². The number of hydrogen-bond acceptors (Lipinski definition) is 6. The van der Waals surface area contributed by atoms with Crippen molar-refractivity contribution < 1.29 is 14.4 Å². The summed E-state index contributed by atoms with van der Waals surface area (Å²) in [5.41, 5.74) is 8.28. The molecular formula is C14H19N3O3. The van der Waals surface area contributed by atoms with Crippen molar-refractivity contribution in [3.63, 3.8) is 0 Å². The van der Waals surface area contributed by atoms with Crippen LogP contribution in [0.1, 0.15) is 29.5 Å². The third-order valence-corrected chi connectivity index (χ3v) is 3.14. The number of aromatic nitrogens is 2. The van der Waals surface area contributed by atoms with Gasteiger partial charge in [-0.15, -0.1) is 0 Å². The molecule has 1 unspecified atom stereocenters. The molecule has 0 bridgehead atoms. The summed E-state index contributed by atoms with van der Waals surface area (Å²) in [6, 6.07) is 3.30. The van der Waals surface area contributed by atoms with Crippen LogP contribution in [0.4, 0.5) is 0 Å². The minimum atomic E-state index is -0.337. The van der Waals surface area contributed by atoms with Gasteiger partial charge in [-0.3, -0.25) is 0 Å². The molecule has 6 heteroatoms. The van der Waals surface area contributed by atoms with Crippen LogP contribution in [0.25, 0.3) is 11.4 Å². The number of ether oxygens (including phenoxy) is 1. The molecule has 20 heavy (non-hydrogen) atoms. The number of nitrogens with zero attached hydrogens (tertiary/aromatic N) is 2. The first kappa shape index (κ1) is 14.5. The standard InChI is InChI=1S/C14H19N3O3/c1-8-6-10(7-9(2)12(8)18)13-16-14(20-17-13)11(15)4-5-19-3/h6-7,11,18H,4-5,15H2,1-3H3. The second-order valence-corrected chi connectivity index (χ2v) is 4.80. The molecule has 0 aliphatic carbocycles. The highest BCUT2D eigenvalue weighted by molar-refractivity contribution is 5.60. The zero-order chi connectivity index (χ0) is 14.7. The summed E-state index contributed by atoms with van der Waals surface area (Å²) in [6.45, 7) is 4.20. The lowest BCUT2D eigenvalue weighted by Crippen LogP contribution is -2.12. The van der Waals surface area contributed by atoms with Gasteiger partial charge in [0.1, 0.15) is 5.75 Å². The first-order chi connectivity index (χ1) is 9.52. The highest BCUT2D eigenvalue weighted by atomic mass is 16.5. The molecular weight excluding hydrogens is 258 g/mol. The summed E-state index contributed by atoms with van der Waals surface area (Å²) >= 11 is 0. The molecule has 0 aliphatic rings. The highest BCUT2D eigenvalue weighted by Gasteiger charge is 2.16. The van der Waals surface area contributed by atoms with Crippen molar-refractivity contribution in [2.75, 3.05) is 13.7 Å². The number of rotatable bonds is 5. The number of nitrogens with two attached hydrogens (primary N) is 1. The second-order valence-electron chi connectivity index (χ2n) is 4.80. The molecule has 1 aromatic heterocycles. The zero-order valence-electron chi connectivity index (χ0n) is 11.9. The Kier molecular flexibility index (Phi) is 4.36. The van der Waals surface area contributed by atoms with E-state index in [2.05, 4.69) is 10.1 Å². The Hall–Kier alpha value is -1.92. The van der Waals surface area contributed by atoms with E-state index in [0.29, 0.717) is 24.7 Å². The van der Waals surface area contributed by atoms with Crippen LogP contribution in [0.15, 0.2) is 16.7 Å². The Labute approximate surface area is 117 Å². The molecule has 1 heterocycles. The van der Waals surface area contributed by atoms with Crippen LogP contribution in [0.2, 0.25) is 0 Å². The van der Waals surface area contributed by atoms with Crippen LogP contribution in [0, 0.1) is 13.8 Å². The summed E-state index contributed by atoms with van der Waals surface area (Å²) in [6.07, 6.45) is 0.617. The second kappa shape index (κ2) is 6.02. The van der Waals surface area contributed by atoms with Gasteiger partial charge in [0.15, 0.2) is 0 Å². The Bertz CT molecular complexity index is 572. The van der Waals surface area contributed by atoms with Crippen LogP contribution >= 0.6 is 0 Å². The van der Waals surface area contributed by atoms with Gasteiger partial charge in [0, 0.05) is 19.3 Å². The first-order valence-corrected chi connectivity index (χ1v) is 6.41. The molecule has 0 spiro atoms. The van der Waals surface area contributed by atoms with Gasteiger partial charge < -0.3 is 20.1 Å². The van der Waals surface area contributed by atoms with Crippen molar-refractivity contribution in [3.8, 4) is 17.1 Å². The lowest BCUT2D eigenvalue weighted by atomic mass is 10.1. The Morgan fingerprint density at radius 1 is 1.35 bits per heavy atom. The molecule has 0 fully saturated rings. The maximum absolute atomic E-state index is 9.77. The van der Waals surface area contributed by atoms with Crippen molar-refractivity contribution in [2.45, 2.75) is 26.3 Å². The van der Waals surface area contributed by atoms with E-state index < -0.39 is 0 Å². The van der Waals surface area contributed by atoms with E-state index in [1.807, 2.05) is 26.0 Å². The summed E-state index contributed by atoms with van der Waals surface area (Å²) in [5.74, 6) is 1.15. The fourth-order valence-electron chi connectivity index (χ4n) is 1.96. The summed E-state index contributed by atoms with van der Waals surface area (Å²) in [7, 11) is 1.62. The summed E-state index contributed by atoms with van der Waals surface area (Å²) < 4.78 is 10.2. The molecule has 0 radical (unpaired) electrons. The number of hydrogen-bond donors (Lipinski definition) is 2. The zero-order valence-corrected chi connectivity index (χ0v) is 11.9. The molecule has 0 saturated heterocycles. The molecule has 0 aliphatic heterocycles. The monoisotopic (exact) mass is 277 g/mol. The SMILES string of the molecule is COCCC(N)c1nc(-c2cc(C)c(O)c(C)c2)no1. The average Bonchev–Trinajstić information content (AvgIpc) is 2.91. The molecule has 0 saturated carbocycles. The lowest BCUT2D eigenvalue weighted by Gasteiger charge is -2.05. The van der Waals surface area contributed by atoms with Gasteiger partial charge in [-0.25, -0.2) is 0 Å². The van der Waals surface area contributed by atoms with Crippen molar-refractivity contribution in [3.05, 3.63) is 29.2 Å². The van der Waals surface area contributed by atoms with Crippen molar-refractivity contribution >= 4 is 0 Å². The molecule has 1 atom stereocenters. The lowest BCUT2D eigenvalue weighted by molar-refractivity contribution is 0.182. The molecule has 6 nitrogen and oxygen atoms in total. The fraction of sp³-hybridized carbons (Fsp3) is 0.429. The maximum atomic E-state index is 9.77. The van der Waals surface area contributed by atoms with Crippen molar-refractivity contribution in [1.82, 2.24) is 10.1 Å². The number of methoxy groups -OCH3 is 1. The van der Waals surface area contributed by atoms with Crippen LogP contribution in [0.3, 0.4) is 0 Å². The third kappa shape index (κ3) is 2.97. The van der Waals surface area contributed by atoms with E-state index in [1.54, 1.807) is 7.11 Å². The van der Waals surface area contributed by atoms with Crippen LogP contribution in [-0.2, 0) is 4.74 Å². The van der Waals surface area contributed by atoms with E-state index >= 15 is 0 Å². The Morgan fingerprint density at radius 2 is 2.00 bits per heavy atom. The first-order valence-electron chi connectivity index (χ1n) is 6.41. The van der Waals surface area contributed by atoms with Gasteiger partial charge in [0.05, 0.1) is 6.04 Å². The summed E-state index contributed by atoms with van der Waals surface area (Å²) in [4.78, 5) is 4.31. The van der Waals surface area contributed by atoms with Gasteiger partial charge >= 0.3 is 0 Å². The van der Waals surface area contributed by atoms with E-state index in [1.165, 1.54) is 0 Å². The van der Waals surface area contributed by atoms with Crippen LogP contribution in [-0.4, -0.2) is 29.0 Å². The molecule has 0 amide bonds. The predicted octanol–water partition coefficient (Wildman–Crippen LogP) is 2.10. The smallest absolute Gasteiger partial charge is 0.243 e. The van der Waals surface area contributed by atoms with Gasteiger partial charge in [-0.2, -0.15) is 4.98 Å². The minimum Gasteiger partial charge on any atom is -0.507 e. The average molecular weight is 277 g/mol. The van der Waals surface area contributed by atoms with E-state index in [-0.39, 0.29) is 11.8 Å². The normalized spacial score (nSPS) is 12.6. The minimum absolute atomic E-state index is 0.286. The van der Waals surface area contributed by atoms with Crippen molar-refractivity contribution in [1.29, 1.82) is 0 Å². The van der Waals surface area contributed by atoms with Crippen LogP contribution in [0.5, 0.6) is 5.75 Å². The van der Waals surface area contributed by atoms with Gasteiger partial charge in [0.2, 0.25) is 11.7 Å². The van der Waals surface area contributed by atoms with E-state index in [9.17, 15) is 5.11 Å². The van der Waals surface area contributed by atoms with Crippen molar-refractivity contribution in [2.24, 2.45) is 5.73 Å². The molecule has 108 valence electrons. The van der Waals surface area contributed by atoms with Gasteiger partial charge in [-0.05, 0) is 43.5 Å². The number of aryl methyl sites for hydroxylation is 2. The van der Waals surface area contributed by atoms with E-state index in [4.69, 9.17) is 15.0 Å². The number of aromatic hydroxyl groups is 1. The Morgan fingerprint density at radius 3 is 2.60 bits per heavy atom. The molecule has 1 aromatic carbocycles. The number of phenols is 1. The quantitative estimate of drug-likeness (QED) is 0.869.